The molecule has 0 saturated heterocycles. The molecular weight excluding hydrogens is 176 g/mol. The normalized spacial score (nSPS) is 9.75. The van der Waals surface area contributed by atoms with Crippen molar-refractivity contribution < 1.29 is 15.0 Å². The molecule has 0 aliphatic carbocycles. The van der Waals surface area contributed by atoms with Crippen LogP contribution in [0.15, 0.2) is 23.1 Å². The Hall–Kier alpha value is -1.16. The first-order valence-electron chi connectivity index (χ1n) is 3.31. The average molecular weight is 184 g/mol. The van der Waals surface area contributed by atoms with Gasteiger partial charge in [0.2, 0.25) is 0 Å². The summed E-state index contributed by atoms with van der Waals surface area (Å²) in [6.07, 6.45) is -0.0953. The summed E-state index contributed by atoms with van der Waals surface area (Å²) in [7, 11) is 0. The van der Waals surface area contributed by atoms with Crippen LogP contribution in [0.1, 0.15) is 5.56 Å². The van der Waals surface area contributed by atoms with Gasteiger partial charge >= 0.3 is 5.97 Å². The van der Waals surface area contributed by atoms with Crippen LogP contribution in [0.3, 0.4) is 0 Å². The van der Waals surface area contributed by atoms with Crippen molar-refractivity contribution in [2.45, 2.75) is 11.3 Å². The molecule has 0 saturated carbocycles. The summed E-state index contributed by atoms with van der Waals surface area (Å²) in [5, 5.41) is 17.5. The van der Waals surface area contributed by atoms with Gasteiger partial charge < -0.3 is 10.2 Å². The van der Waals surface area contributed by atoms with Gasteiger partial charge in [0.15, 0.2) is 0 Å². The van der Waals surface area contributed by atoms with Gasteiger partial charge in [-0.1, -0.05) is 0 Å². The van der Waals surface area contributed by atoms with Crippen molar-refractivity contribution in [2.75, 3.05) is 0 Å². The minimum Gasteiger partial charge on any atom is -0.508 e. The molecule has 4 heteroatoms. The molecule has 0 heterocycles. The maximum Gasteiger partial charge on any atom is 0.307 e. The Kier molecular flexibility index (Phi) is 2.60. The SMILES string of the molecule is O=C(O)Cc1cc(O)cc(S)c1. The Balaban J connectivity index is 2.93. The van der Waals surface area contributed by atoms with Crippen molar-refractivity contribution in [3.05, 3.63) is 23.8 Å². The molecule has 1 aromatic rings. The second kappa shape index (κ2) is 3.49. The van der Waals surface area contributed by atoms with E-state index in [-0.39, 0.29) is 12.2 Å². The number of aliphatic carboxylic acids is 1. The Bertz CT molecular complexity index is 289. The second-order valence-electron chi connectivity index (χ2n) is 2.43. The van der Waals surface area contributed by atoms with Gasteiger partial charge in [0, 0.05) is 4.90 Å². The number of thiol groups is 1. The number of phenols is 1. The highest BCUT2D eigenvalue weighted by Crippen LogP contribution is 2.18. The van der Waals surface area contributed by atoms with E-state index in [0.29, 0.717) is 10.5 Å². The number of carboxylic acid groups (broad SMARTS) is 1. The summed E-state index contributed by atoms with van der Waals surface area (Å²) < 4.78 is 0. The van der Waals surface area contributed by atoms with Gasteiger partial charge in [0.25, 0.3) is 0 Å². The van der Waals surface area contributed by atoms with Gasteiger partial charge in [-0.25, -0.2) is 0 Å². The molecule has 0 fully saturated rings. The highest BCUT2D eigenvalue weighted by Gasteiger charge is 2.02. The number of phenolic OH excluding ortho intramolecular Hbond substituents is 1. The van der Waals surface area contributed by atoms with Gasteiger partial charge in [-0.2, -0.15) is 0 Å². The monoisotopic (exact) mass is 184 g/mol. The summed E-state index contributed by atoms with van der Waals surface area (Å²) in [4.78, 5) is 10.8. The predicted molar refractivity (Wildman–Crippen MR) is 46.7 cm³/mol. The van der Waals surface area contributed by atoms with Crippen LogP contribution in [-0.4, -0.2) is 16.2 Å². The van der Waals surface area contributed by atoms with Crippen LogP contribution in [-0.2, 0) is 11.2 Å². The third kappa shape index (κ3) is 2.47. The van der Waals surface area contributed by atoms with Crippen molar-refractivity contribution >= 4 is 18.6 Å². The fraction of sp³-hybridized carbons (Fsp3) is 0.125. The van der Waals surface area contributed by atoms with Crippen LogP contribution in [0.5, 0.6) is 5.75 Å². The third-order valence-corrected chi connectivity index (χ3v) is 1.58. The van der Waals surface area contributed by atoms with E-state index in [0.717, 1.165) is 0 Å². The zero-order valence-electron chi connectivity index (χ0n) is 6.19. The van der Waals surface area contributed by atoms with E-state index in [4.69, 9.17) is 10.2 Å². The maximum absolute atomic E-state index is 10.3. The van der Waals surface area contributed by atoms with E-state index in [1.807, 2.05) is 0 Å². The van der Waals surface area contributed by atoms with Gasteiger partial charge in [-0.3, -0.25) is 4.79 Å². The van der Waals surface area contributed by atoms with Crippen LogP contribution in [0.4, 0.5) is 0 Å². The molecule has 1 rings (SSSR count). The molecule has 0 atom stereocenters. The van der Waals surface area contributed by atoms with Gasteiger partial charge in [-0.15, -0.1) is 12.6 Å². The van der Waals surface area contributed by atoms with E-state index in [2.05, 4.69) is 12.6 Å². The first-order valence-corrected chi connectivity index (χ1v) is 3.76. The molecule has 0 spiro atoms. The summed E-state index contributed by atoms with van der Waals surface area (Å²) in [6, 6.07) is 4.47. The highest BCUT2D eigenvalue weighted by molar-refractivity contribution is 7.80. The summed E-state index contributed by atoms with van der Waals surface area (Å²) in [6.45, 7) is 0. The largest absolute Gasteiger partial charge is 0.508 e. The van der Waals surface area contributed by atoms with Crippen molar-refractivity contribution in [2.24, 2.45) is 0 Å². The number of carbonyl (C=O) groups is 1. The molecule has 0 bridgehead atoms. The molecule has 0 aliphatic rings. The molecule has 3 nitrogen and oxygen atoms in total. The highest BCUT2D eigenvalue weighted by atomic mass is 32.1. The van der Waals surface area contributed by atoms with Crippen LogP contribution < -0.4 is 0 Å². The number of rotatable bonds is 2. The number of carboxylic acids is 1. The lowest BCUT2D eigenvalue weighted by molar-refractivity contribution is -0.136. The molecule has 0 radical (unpaired) electrons. The van der Waals surface area contributed by atoms with Crippen molar-refractivity contribution in [1.29, 1.82) is 0 Å². The molecule has 0 aliphatic heterocycles. The van der Waals surface area contributed by atoms with Gasteiger partial charge in [0.1, 0.15) is 5.75 Å². The Morgan fingerprint density at radius 3 is 2.58 bits per heavy atom. The zero-order chi connectivity index (χ0) is 9.14. The lowest BCUT2D eigenvalue weighted by Crippen LogP contribution is -1.99. The first kappa shape index (κ1) is 8.93. The minimum absolute atomic E-state index is 0.0405. The summed E-state index contributed by atoms with van der Waals surface area (Å²) >= 11 is 3.99. The molecule has 1 aromatic carbocycles. The molecule has 12 heavy (non-hydrogen) atoms. The van der Waals surface area contributed by atoms with Crippen molar-refractivity contribution in [3.8, 4) is 5.75 Å². The van der Waals surface area contributed by atoms with E-state index in [9.17, 15) is 4.79 Å². The van der Waals surface area contributed by atoms with Crippen LogP contribution in [0.25, 0.3) is 0 Å². The van der Waals surface area contributed by atoms with Crippen LogP contribution in [0, 0.1) is 0 Å². The quantitative estimate of drug-likeness (QED) is 0.607. The minimum atomic E-state index is -0.923. The molecular formula is C8H8O3S. The lowest BCUT2D eigenvalue weighted by atomic mass is 10.1. The van der Waals surface area contributed by atoms with Gasteiger partial charge in [-0.05, 0) is 23.8 Å². The summed E-state index contributed by atoms with van der Waals surface area (Å²) in [5.41, 5.74) is 0.549. The number of hydrogen-bond acceptors (Lipinski definition) is 3. The smallest absolute Gasteiger partial charge is 0.307 e. The molecule has 0 amide bonds. The van der Waals surface area contributed by atoms with E-state index < -0.39 is 5.97 Å². The van der Waals surface area contributed by atoms with E-state index in [1.54, 1.807) is 6.07 Å². The zero-order valence-corrected chi connectivity index (χ0v) is 7.08. The standard InChI is InChI=1S/C8H8O3S/c9-6-1-5(3-8(10)11)2-7(12)4-6/h1-2,4,9,12H,3H2,(H,10,11). The number of benzene rings is 1. The van der Waals surface area contributed by atoms with E-state index in [1.165, 1.54) is 12.1 Å². The predicted octanol–water partition coefficient (Wildman–Crippen LogP) is 1.31. The number of aromatic hydroxyl groups is 1. The third-order valence-electron chi connectivity index (χ3n) is 1.32. The lowest BCUT2D eigenvalue weighted by Gasteiger charge is -1.99. The Morgan fingerprint density at radius 1 is 1.42 bits per heavy atom. The fourth-order valence-corrected chi connectivity index (χ4v) is 1.23. The molecule has 64 valence electrons. The topological polar surface area (TPSA) is 57.5 Å². The maximum atomic E-state index is 10.3. The average Bonchev–Trinajstić information content (AvgIpc) is 1.81. The van der Waals surface area contributed by atoms with Crippen LogP contribution in [0.2, 0.25) is 0 Å². The Labute approximate surface area is 75.1 Å². The molecule has 0 unspecified atom stereocenters. The molecule has 0 aromatic heterocycles. The second-order valence-corrected chi connectivity index (χ2v) is 2.94. The first-order chi connectivity index (χ1) is 5.58. The van der Waals surface area contributed by atoms with Crippen molar-refractivity contribution in [1.82, 2.24) is 0 Å². The number of hydrogen-bond donors (Lipinski definition) is 3. The van der Waals surface area contributed by atoms with Gasteiger partial charge in [0.05, 0.1) is 6.42 Å². The fourth-order valence-electron chi connectivity index (χ4n) is 0.933. The molecule has 2 N–H and O–H groups in total. The summed E-state index contributed by atoms with van der Waals surface area (Å²) in [5.74, 6) is -0.882. The Morgan fingerprint density at radius 2 is 2.08 bits per heavy atom. The van der Waals surface area contributed by atoms with Crippen molar-refractivity contribution in [3.63, 3.8) is 0 Å². The van der Waals surface area contributed by atoms with E-state index >= 15 is 0 Å². The van der Waals surface area contributed by atoms with Crippen LogP contribution >= 0.6 is 12.6 Å².